The number of ether oxygens (including phenoxy) is 1. The minimum Gasteiger partial charge on any atom is -0.465 e. The van der Waals surface area contributed by atoms with E-state index in [1.165, 1.54) is 5.56 Å². The predicted molar refractivity (Wildman–Crippen MR) is 72.2 cm³/mol. The van der Waals surface area contributed by atoms with Crippen molar-refractivity contribution in [2.24, 2.45) is 5.92 Å². The Morgan fingerprint density at radius 3 is 2.89 bits per heavy atom. The Hall–Kier alpha value is -1.57. The van der Waals surface area contributed by atoms with Crippen LogP contribution in [0.25, 0.3) is 0 Å². The van der Waals surface area contributed by atoms with Gasteiger partial charge in [-0.2, -0.15) is 0 Å². The normalized spacial score (nSPS) is 22.4. The van der Waals surface area contributed by atoms with Gasteiger partial charge in [-0.3, -0.25) is 4.79 Å². The third-order valence-electron chi connectivity index (χ3n) is 3.26. The van der Waals surface area contributed by atoms with Crippen LogP contribution in [0.2, 0.25) is 0 Å². The highest BCUT2D eigenvalue weighted by Gasteiger charge is 2.11. The number of hydrogen-bond donors (Lipinski definition) is 0. The average Bonchev–Trinajstić information content (AvgIpc) is 2.50. The van der Waals surface area contributed by atoms with Gasteiger partial charge >= 0.3 is 5.97 Å². The highest BCUT2D eigenvalue weighted by Crippen LogP contribution is 2.15. The molecule has 96 valence electrons. The first-order valence-corrected chi connectivity index (χ1v) is 6.71. The van der Waals surface area contributed by atoms with E-state index in [1.807, 2.05) is 6.07 Å². The van der Waals surface area contributed by atoms with Gasteiger partial charge in [0.2, 0.25) is 0 Å². The van der Waals surface area contributed by atoms with Crippen molar-refractivity contribution in [3.05, 3.63) is 48.0 Å². The maximum atomic E-state index is 11.4. The van der Waals surface area contributed by atoms with E-state index in [1.54, 1.807) is 0 Å². The van der Waals surface area contributed by atoms with Crippen LogP contribution < -0.4 is 0 Å². The Kier molecular flexibility index (Phi) is 5.00. The molecule has 1 aromatic carbocycles. The highest BCUT2D eigenvalue weighted by molar-refractivity contribution is 5.69. The number of carbonyl (C=O) groups is 1. The number of hydrogen-bond acceptors (Lipinski definition) is 2. The Morgan fingerprint density at radius 1 is 1.22 bits per heavy atom. The van der Waals surface area contributed by atoms with Gasteiger partial charge in [0, 0.05) is 12.3 Å². The maximum absolute atomic E-state index is 11.4. The summed E-state index contributed by atoms with van der Waals surface area (Å²) < 4.78 is 5.27. The van der Waals surface area contributed by atoms with E-state index in [4.69, 9.17) is 4.74 Å². The summed E-state index contributed by atoms with van der Waals surface area (Å²) in [6, 6.07) is 10.4. The van der Waals surface area contributed by atoms with Crippen molar-refractivity contribution in [1.82, 2.24) is 0 Å². The van der Waals surface area contributed by atoms with Gasteiger partial charge in [-0.1, -0.05) is 42.5 Å². The summed E-state index contributed by atoms with van der Waals surface area (Å²) >= 11 is 0. The monoisotopic (exact) mass is 244 g/mol. The van der Waals surface area contributed by atoms with E-state index in [2.05, 4.69) is 36.4 Å². The van der Waals surface area contributed by atoms with E-state index in [-0.39, 0.29) is 5.97 Å². The molecule has 0 spiro atoms. The van der Waals surface area contributed by atoms with Crippen LogP contribution in [0.3, 0.4) is 0 Å². The van der Waals surface area contributed by atoms with Crippen molar-refractivity contribution in [3.63, 3.8) is 0 Å². The first-order valence-electron chi connectivity index (χ1n) is 6.71. The van der Waals surface area contributed by atoms with E-state index in [9.17, 15) is 4.79 Å². The van der Waals surface area contributed by atoms with Crippen molar-refractivity contribution in [3.8, 4) is 0 Å². The third kappa shape index (κ3) is 4.36. The highest BCUT2D eigenvalue weighted by atomic mass is 16.5. The Bertz CT molecular complexity index is 395. The SMILES string of the molecule is O=C1CCC/C=C\[C@@H](CCc2ccccc2)CO1. The number of allylic oxidation sites excluding steroid dienone is 1. The van der Waals surface area contributed by atoms with Crippen molar-refractivity contribution < 1.29 is 9.53 Å². The zero-order valence-electron chi connectivity index (χ0n) is 10.7. The molecule has 0 aromatic heterocycles. The summed E-state index contributed by atoms with van der Waals surface area (Å²) in [5.41, 5.74) is 1.34. The maximum Gasteiger partial charge on any atom is 0.305 e. The topological polar surface area (TPSA) is 26.3 Å². The van der Waals surface area contributed by atoms with E-state index >= 15 is 0 Å². The van der Waals surface area contributed by atoms with Crippen LogP contribution in [-0.2, 0) is 16.0 Å². The average molecular weight is 244 g/mol. The van der Waals surface area contributed by atoms with Crippen molar-refractivity contribution >= 4 is 5.97 Å². The summed E-state index contributed by atoms with van der Waals surface area (Å²) in [5.74, 6) is 0.302. The minimum absolute atomic E-state index is 0.0524. The molecule has 0 saturated heterocycles. The van der Waals surface area contributed by atoms with Gasteiger partial charge in [0.1, 0.15) is 0 Å². The van der Waals surface area contributed by atoms with Crippen LogP contribution >= 0.6 is 0 Å². The molecule has 1 aliphatic rings. The van der Waals surface area contributed by atoms with Gasteiger partial charge in [0.15, 0.2) is 0 Å². The molecule has 1 atom stereocenters. The number of esters is 1. The molecule has 0 N–H and O–H groups in total. The second-order valence-corrected chi connectivity index (χ2v) is 4.79. The lowest BCUT2D eigenvalue weighted by Crippen LogP contribution is -2.12. The second kappa shape index (κ2) is 7.00. The molecule has 0 unspecified atom stereocenters. The lowest BCUT2D eigenvalue weighted by atomic mass is 9.99. The Morgan fingerprint density at radius 2 is 2.06 bits per heavy atom. The predicted octanol–water partition coefficient (Wildman–Crippen LogP) is 3.52. The zero-order valence-corrected chi connectivity index (χ0v) is 10.7. The van der Waals surface area contributed by atoms with E-state index < -0.39 is 0 Å². The Labute approximate surface area is 109 Å². The molecule has 0 aliphatic carbocycles. The fourth-order valence-electron chi connectivity index (χ4n) is 2.16. The van der Waals surface area contributed by atoms with E-state index in [0.29, 0.717) is 18.9 Å². The van der Waals surface area contributed by atoms with Gasteiger partial charge in [0.25, 0.3) is 0 Å². The van der Waals surface area contributed by atoms with Crippen molar-refractivity contribution in [2.75, 3.05) is 6.61 Å². The molecule has 2 heteroatoms. The molecular weight excluding hydrogens is 224 g/mol. The number of rotatable bonds is 3. The summed E-state index contributed by atoms with van der Waals surface area (Å²) in [4.78, 5) is 11.4. The quantitative estimate of drug-likeness (QED) is 0.600. The second-order valence-electron chi connectivity index (χ2n) is 4.79. The largest absolute Gasteiger partial charge is 0.465 e. The van der Waals surface area contributed by atoms with Crippen LogP contribution in [0.5, 0.6) is 0 Å². The van der Waals surface area contributed by atoms with Gasteiger partial charge in [-0.05, 0) is 31.2 Å². The molecule has 0 radical (unpaired) electrons. The van der Waals surface area contributed by atoms with Gasteiger partial charge in [-0.15, -0.1) is 0 Å². The fraction of sp³-hybridized carbons (Fsp3) is 0.438. The molecule has 1 aromatic rings. The summed E-state index contributed by atoms with van der Waals surface area (Å²) in [7, 11) is 0. The van der Waals surface area contributed by atoms with Crippen LogP contribution in [-0.4, -0.2) is 12.6 Å². The van der Waals surface area contributed by atoms with Crippen LogP contribution in [0.15, 0.2) is 42.5 Å². The Balaban J connectivity index is 1.86. The number of aryl methyl sites for hydroxylation is 1. The zero-order chi connectivity index (χ0) is 12.6. The molecule has 0 fully saturated rings. The minimum atomic E-state index is -0.0524. The molecule has 18 heavy (non-hydrogen) atoms. The van der Waals surface area contributed by atoms with Gasteiger partial charge < -0.3 is 4.74 Å². The van der Waals surface area contributed by atoms with Crippen molar-refractivity contribution in [1.29, 1.82) is 0 Å². The van der Waals surface area contributed by atoms with Crippen LogP contribution in [0.1, 0.15) is 31.2 Å². The summed E-state index contributed by atoms with van der Waals surface area (Å²) in [5, 5.41) is 0. The summed E-state index contributed by atoms with van der Waals surface area (Å²) in [6.45, 7) is 0.530. The molecule has 2 nitrogen and oxygen atoms in total. The number of cyclic esters (lactones) is 1. The molecule has 1 heterocycles. The lowest BCUT2D eigenvalue weighted by Gasteiger charge is -2.12. The molecule has 2 rings (SSSR count). The number of benzene rings is 1. The lowest BCUT2D eigenvalue weighted by molar-refractivity contribution is -0.144. The molecule has 0 amide bonds. The van der Waals surface area contributed by atoms with Gasteiger partial charge in [-0.25, -0.2) is 0 Å². The smallest absolute Gasteiger partial charge is 0.305 e. The standard InChI is InChI=1S/C16H20O2/c17-16-10-6-2-5-9-15(13-18-16)12-11-14-7-3-1-4-8-14/h1,3-5,7-9,15H,2,6,10-13H2/b9-5-/t15-/m0/s1. The molecule has 1 aliphatic heterocycles. The van der Waals surface area contributed by atoms with Crippen molar-refractivity contribution in [2.45, 2.75) is 32.1 Å². The fourth-order valence-corrected chi connectivity index (χ4v) is 2.16. The van der Waals surface area contributed by atoms with Crippen LogP contribution in [0.4, 0.5) is 0 Å². The molecule has 0 saturated carbocycles. The third-order valence-corrected chi connectivity index (χ3v) is 3.26. The van der Waals surface area contributed by atoms with Crippen LogP contribution in [0, 0.1) is 5.92 Å². The first-order chi connectivity index (χ1) is 8.84. The summed E-state index contributed by atoms with van der Waals surface area (Å²) in [6.07, 6.45) is 8.91. The molecule has 0 bridgehead atoms. The first kappa shape index (κ1) is 12.9. The van der Waals surface area contributed by atoms with E-state index in [0.717, 1.165) is 25.7 Å². The molecular formula is C16H20O2. The number of carbonyl (C=O) groups excluding carboxylic acids is 1. The van der Waals surface area contributed by atoms with Gasteiger partial charge in [0.05, 0.1) is 6.61 Å².